The number of carbonyl (C=O) groups is 1. The topological polar surface area (TPSA) is 213 Å². The van der Waals surface area contributed by atoms with Crippen LogP contribution in [-0.2, 0) is 52.2 Å². The normalized spacial score (nSPS) is 54.0. The largest absolute Gasteiger partial charge is 1.00 e. The first-order valence-electron chi connectivity index (χ1n) is 22.9. The van der Waals surface area contributed by atoms with Gasteiger partial charge in [0.15, 0.2) is 23.7 Å². The molecule has 62 heavy (non-hydrogen) atoms. The Bertz CT molecular complexity index is 1540. The molecule has 17 heteroatoms. The summed E-state index contributed by atoms with van der Waals surface area (Å²) in [5, 5.41) is 57.1. The van der Waals surface area contributed by atoms with Gasteiger partial charge in [-0.2, -0.15) is 0 Å². The van der Waals surface area contributed by atoms with E-state index >= 15 is 0 Å². The fraction of sp³-hybridized carbons (Fsp3) is 0.978. The van der Waals surface area contributed by atoms with Crippen LogP contribution in [0.25, 0.3) is 0 Å². The number of aliphatic carboxylic acids is 1. The first kappa shape index (κ1) is 51.3. The van der Waals surface area contributed by atoms with Gasteiger partial charge in [0.25, 0.3) is 0 Å². The van der Waals surface area contributed by atoms with Crippen molar-refractivity contribution in [3.63, 3.8) is 0 Å². The van der Waals surface area contributed by atoms with E-state index in [-0.39, 0.29) is 84.4 Å². The summed E-state index contributed by atoms with van der Waals surface area (Å²) < 4.78 is 65.0. The SMILES string of the molecule is COC1CCC(OC2CC(C3OC(C)(O)C(C)CC3C)OC2C2(C)CCC(C3(C)CCC4(CC(O)C(C)C(C(C)C5OC(O)(CC(=O)[O-])C(C)C(O)C5OC)O4)O3)O2)OC1C.[Na+]. The summed E-state index contributed by atoms with van der Waals surface area (Å²) in [6, 6.07) is 0. The quantitative estimate of drug-likeness (QED) is 0.196. The number of ether oxygens (including phenoxy) is 10. The standard InChI is InChI=1S/C45H76O16.Na/c1-22-18-23(2)43(9,50)58-36(22)30-19-31(55-34-13-12-29(52-10)27(6)54-34)40(56-30)42(8)15-14-32(57-42)41(7)16-17-44(61-41)20-28(46)24(3)37(59-44)25(4)38-39(53-11)35(49)26(5)45(51,60-38)21-33(47)48;/h22-32,34-40,46,49-51H,12-21H2,1-11H3,(H,47,48);/q;+1/p-1. The van der Waals surface area contributed by atoms with Gasteiger partial charge in [-0.3, -0.25) is 0 Å². The Labute approximate surface area is 389 Å². The van der Waals surface area contributed by atoms with Crippen molar-refractivity contribution in [3.8, 4) is 0 Å². The molecule has 7 heterocycles. The summed E-state index contributed by atoms with van der Waals surface area (Å²) in [6.07, 6.45) is -2.54. The van der Waals surface area contributed by atoms with E-state index in [4.69, 9.17) is 47.4 Å². The molecule has 0 radical (unpaired) electrons. The Kier molecular flexibility index (Phi) is 15.8. The third-order valence-electron chi connectivity index (χ3n) is 16.2. The van der Waals surface area contributed by atoms with Gasteiger partial charge in [0, 0.05) is 76.0 Å². The molecule has 0 amide bonds. The minimum Gasteiger partial charge on any atom is -0.550 e. The van der Waals surface area contributed by atoms with Gasteiger partial charge in [-0.15, -0.1) is 0 Å². The number of carbonyl (C=O) groups excluding carboxylic acids is 1. The third kappa shape index (κ3) is 9.77. The summed E-state index contributed by atoms with van der Waals surface area (Å²) in [5.41, 5.74) is -1.58. The minimum atomic E-state index is -2.21. The zero-order chi connectivity index (χ0) is 44.6. The van der Waals surface area contributed by atoms with Gasteiger partial charge in [-0.1, -0.05) is 34.6 Å². The van der Waals surface area contributed by atoms with Crippen LogP contribution in [-0.4, -0.2) is 149 Å². The molecular formula is C45H75NaO16. The van der Waals surface area contributed by atoms with Crippen LogP contribution in [0.3, 0.4) is 0 Å². The van der Waals surface area contributed by atoms with Crippen molar-refractivity contribution in [2.24, 2.45) is 29.6 Å². The Morgan fingerprint density at radius 1 is 0.839 bits per heavy atom. The number of rotatable bonds is 11. The molecule has 1 spiro atoms. The summed E-state index contributed by atoms with van der Waals surface area (Å²) in [7, 11) is 3.13. The van der Waals surface area contributed by atoms with Crippen molar-refractivity contribution in [1.82, 2.24) is 0 Å². The molecule has 0 aromatic rings. The molecular weight excluding hydrogens is 819 g/mol. The average molecular weight is 895 g/mol. The van der Waals surface area contributed by atoms with Crippen molar-refractivity contribution in [2.45, 2.75) is 235 Å². The first-order chi connectivity index (χ1) is 28.5. The van der Waals surface area contributed by atoms with Crippen molar-refractivity contribution in [3.05, 3.63) is 0 Å². The fourth-order valence-corrected chi connectivity index (χ4v) is 12.0. The molecule has 0 bridgehead atoms. The Morgan fingerprint density at radius 2 is 1.55 bits per heavy atom. The molecule has 4 N–H and O–H groups in total. The number of aliphatic hydroxyl groups is 4. The molecule has 7 aliphatic rings. The maximum atomic E-state index is 11.7. The molecule has 16 nitrogen and oxygen atoms in total. The summed E-state index contributed by atoms with van der Waals surface area (Å²) in [4.78, 5) is 11.7. The van der Waals surface area contributed by atoms with Gasteiger partial charge in [0.2, 0.25) is 0 Å². The molecule has 0 aromatic carbocycles. The van der Waals surface area contributed by atoms with Crippen molar-refractivity contribution < 1.29 is 107 Å². The predicted molar refractivity (Wildman–Crippen MR) is 214 cm³/mol. The number of methoxy groups -OCH3 is 2. The second-order valence-corrected chi connectivity index (χ2v) is 20.7. The van der Waals surface area contributed by atoms with Gasteiger partial charge in [0.05, 0.1) is 72.2 Å². The Morgan fingerprint density at radius 3 is 2.19 bits per heavy atom. The summed E-state index contributed by atoms with van der Waals surface area (Å²) >= 11 is 0. The van der Waals surface area contributed by atoms with Gasteiger partial charge >= 0.3 is 29.6 Å². The molecule has 23 atom stereocenters. The van der Waals surface area contributed by atoms with Gasteiger partial charge in [-0.05, 0) is 65.7 Å². The van der Waals surface area contributed by atoms with Crippen LogP contribution < -0.4 is 34.7 Å². The average Bonchev–Trinajstić information content (AvgIpc) is 3.89. The molecule has 7 fully saturated rings. The summed E-state index contributed by atoms with van der Waals surface area (Å²) in [6.45, 7) is 17.2. The molecule has 0 saturated carbocycles. The zero-order valence-corrected chi connectivity index (χ0v) is 41.2. The van der Waals surface area contributed by atoms with Crippen molar-refractivity contribution in [2.75, 3.05) is 14.2 Å². The molecule has 23 unspecified atom stereocenters. The van der Waals surface area contributed by atoms with Crippen LogP contribution in [0.5, 0.6) is 0 Å². The second-order valence-electron chi connectivity index (χ2n) is 20.7. The maximum absolute atomic E-state index is 11.7. The van der Waals surface area contributed by atoms with Gasteiger partial charge in [-0.25, -0.2) is 0 Å². The van der Waals surface area contributed by atoms with Crippen LogP contribution in [0.4, 0.5) is 0 Å². The van der Waals surface area contributed by atoms with E-state index in [0.717, 1.165) is 12.8 Å². The molecule has 7 rings (SSSR count). The van der Waals surface area contributed by atoms with Gasteiger partial charge in [0.1, 0.15) is 12.2 Å². The molecule has 352 valence electrons. The van der Waals surface area contributed by atoms with Crippen LogP contribution in [0.15, 0.2) is 0 Å². The van der Waals surface area contributed by atoms with Crippen LogP contribution in [0.1, 0.15) is 127 Å². The van der Waals surface area contributed by atoms with E-state index in [1.807, 2.05) is 34.6 Å². The van der Waals surface area contributed by atoms with E-state index in [1.54, 1.807) is 14.0 Å². The molecule has 0 aliphatic carbocycles. The van der Waals surface area contributed by atoms with E-state index in [1.165, 1.54) is 14.0 Å². The monoisotopic (exact) mass is 894 g/mol. The smallest absolute Gasteiger partial charge is 0.550 e. The zero-order valence-electron chi connectivity index (χ0n) is 39.2. The predicted octanol–water partition coefficient (Wildman–Crippen LogP) is -0.293. The summed E-state index contributed by atoms with van der Waals surface area (Å²) in [5.74, 6) is -8.06. The Hall–Kier alpha value is -0.0900. The van der Waals surface area contributed by atoms with Crippen molar-refractivity contribution in [1.29, 1.82) is 0 Å². The maximum Gasteiger partial charge on any atom is 1.00 e. The van der Waals surface area contributed by atoms with E-state index < -0.39 is 102 Å². The van der Waals surface area contributed by atoms with E-state index in [0.29, 0.717) is 38.5 Å². The molecule has 7 aliphatic heterocycles. The molecule has 0 aromatic heterocycles. The number of hydrogen-bond donors (Lipinski definition) is 4. The van der Waals surface area contributed by atoms with E-state index in [9.17, 15) is 30.3 Å². The van der Waals surface area contributed by atoms with Crippen LogP contribution >= 0.6 is 0 Å². The number of carboxylic acids is 1. The second kappa shape index (κ2) is 19.1. The first-order valence-corrected chi connectivity index (χ1v) is 22.9. The fourth-order valence-electron chi connectivity index (χ4n) is 12.0. The number of hydrogen-bond acceptors (Lipinski definition) is 16. The molecule has 7 saturated heterocycles. The van der Waals surface area contributed by atoms with Gasteiger partial charge < -0.3 is 77.7 Å². The van der Waals surface area contributed by atoms with Crippen LogP contribution in [0.2, 0.25) is 0 Å². The van der Waals surface area contributed by atoms with Crippen molar-refractivity contribution >= 4 is 5.97 Å². The van der Waals surface area contributed by atoms with E-state index in [2.05, 4.69) is 13.8 Å². The third-order valence-corrected chi connectivity index (χ3v) is 16.2. The minimum absolute atomic E-state index is 0. The Balaban J connectivity index is 0.00000641. The van der Waals surface area contributed by atoms with Crippen LogP contribution in [0, 0.1) is 29.6 Å². The number of carboxylic acid groups (broad SMARTS) is 1. The number of aliphatic hydroxyl groups excluding tert-OH is 2.